The van der Waals surface area contributed by atoms with E-state index in [4.69, 9.17) is 10.5 Å². The van der Waals surface area contributed by atoms with Crippen LogP contribution in [0.2, 0.25) is 0 Å². The molecule has 1 aliphatic rings. The highest BCUT2D eigenvalue weighted by Gasteiger charge is 2.36. The van der Waals surface area contributed by atoms with Crippen LogP contribution in [0.15, 0.2) is 24.3 Å². The molecule has 1 aromatic carbocycles. The van der Waals surface area contributed by atoms with E-state index >= 15 is 0 Å². The van der Waals surface area contributed by atoms with Gasteiger partial charge in [-0.1, -0.05) is 18.2 Å². The zero-order chi connectivity index (χ0) is 9.47. The van der Waals surface area contributed by atoms with Gasteiger partial charge in [0.25, 0.3) is 0 Å². The lowest BCUT2D eigenvalue weighted by molar-refractivity contribution is -0.0248. The first-order valence-electron chi connectivity index (χ1n) is 4.31. The molecule has 3 heteroatoms. The molecule has 0 aromatic heterocycles. The van der Waals surface area contributed by atoms with Crippen molar-refractivity contribution in [2.24, 2.45) is 5.73 Å². The molecule has 1 heterocycles. The Bertz CT molecular complexity index is 322. The molecule has 2 rings (SSSR count). The maximum absolute atomic E-state index is 9.84. The van der Waals surface area contributed by atoms with Crippen molar-refractivity contribution >= 4 is 0 Å². The molecular formula is C10H13NO2. The Hall–Kier alpha value is -1.06. The number of para-hydroxylation sites is 1. The van der Waals surface area contributed by atoms with Crippen LogP contribution in [0.4, 0.5) is 0 Å². The lowest BCUT2D eigenvalue weighted by Gasteiger charge is -2.35. The third-order valence-corrected chi connectivity index (χ3v) is 2.44. The third kappa shape index (κ3) is 1.30. The lowest BCUT2D eigenvalue weighted by Crippen LogP contribution is -2.46. The summed E-state index contributed by atoms with van der Waals surface area (Å²) in [4.78, 5) is 0. The van der Waals surface area contributed by atoms with Gasteiger partial charge in [-0.05, 0) is 13.0 Å². The van der Waals surface area contributed by atoms with Gasteiger partial charge in [0.15, 0.2) is 0 Å². The Morgan fingerprint density at radius 1 is 1.54 bits per heavy atom. The number of hydrogen-bond acceptors (Lipinski definition) is 3. The van der Waals surface area contributed by atoms with Crippen molar-refractivity contribution in [3.05, 3.63) is 29.8 Å². The predicted octanol–water partition coefficient (Wildman–Crippen LogP) is 0.830. The van der Waals surface area contributed by atoms with Crippen molar-refractivity contribution in [1.29, 1.82) is 0 Å². The standard InChI is InChI=1S/C10H13NO2/c1-10(12)6-13-8-5-3-2-4-7(8)9(10)11/h2-5,9,12H,6,11H2,1H3. The first kappa shape index (κ1) is 8.53. The summed E-state index contributed by atoms with van der Waals surface area (Å²) < 4.78 is 5.38. The summed E-state index contributed by atoms with van der Waals surface area (Å²) in [5, 5.41) is 9.84. The van der Waals surface area contributed by atoms with Gasteiger partial charge >= 0.3 is 0 Å². The topological polar surface area (TPSA) is 55.5 Å². The maximum atomic E-state index is 9.84. The molecule has 1 aromatic rings. The zero-order valence-corrected chi connectivity index (χ0v) is 7.53. The van der Waals surface area contributed by atoms with Crippen LogP contribution in [0.3, 0.4) is 0 Å². The van der Waals surface area contributed by atoms with Crippen molar-refractivity contribution in [1.82, 2.24) is 0 Å². The number of rotatable bonds is 0. The van der Waals surface area contributed by atoms with Crippen molar-refractivity contribution in [3.63, 3.8) is 0 Å². The van der Waals surface area contributed by atoms with Gasteiger partial charge < -0.3 is 15.6 Å². The fraction of sp³-hybridized carbons (Fsp3) is 0.400. The second kappa shape index (κ2) is 2.72. The molecular weight excluding hydrogens is 166 g/mol. The first-order valence-corrected chi connectivity index (χ1v) is 4.31. The Balaban J connectivity index is 2.45. The second-order valence-electron chi connectivity index (χ2n) is 3.66. The molecule has 0 saturated carbocycles. The van der Waals surface area contributed by atoms with Gasteiger partial charge in [-0.15, -0.1) is 0 Å². The predicted molar refractivity (Wildman–Crippen MR) is 49.5 cm³/mol. The number of fused-ring (bicyclic) bond motifs is 1. The molecule has 0 bridgehead atoms. The molecule has 13 heavy (non-hydrogen) atoms. The number of ether oxygens (including phenoxy) is 1. The van der Waals surface area contributed by atoms with Crippen LogP contribution in [-0.4, -0.2) is 17.3 Å². The maximum Gasteiger partial charge on any atom is 0.124 e. The molecule has 3 N–H and O–H groups in total. The largest absolute Gasteiger partial charge is 0.490 e. The van der Waals surface area contributed by atoms with Crippen molar-refractivity contribution in [3.8, 4) is 5.75 Å². The SMILES string of the molecule is CC1(O)COc2ccccc2C1N. The molecule has 3 nitrogen and oxygen atoms in total. The van der Waals surface area contributed by atoms with Crippen LogP contribution in [0.25, 0.3) is 0 Å². The summed E-state index contributed by atoms with van der Waals surface area (Å²) in [6, 6.07) is 7.17. The van der Waals surface area contributed by atoms with E-state index in [9.17, 15) is 5.11 Å². The van der Waals surface area contributed by atoms with E-state index < -0.39 is 5.60 Å². The molecule has 0 spiro atoms. The fourth-order valence-corrected chi connectivity index (χ4v) is 1.52. The summed E-state index contributed by atoms with van der Waals surface area (Å²) in [5.74, 6) is 0.779. The minimum Gasteiger partial charge on any atom is -0.490 e. The van der Waals surface area contributed by atoms with Gasteiger partial charge in [0.05, 0.1) is 6.04 Å². The Morgan fingerprint density at radius 3 is 3.00 bits per heavy atom. The monoisotopic (exact) mass is 179 g/mol. The normalized spacial score (nSPS) is 32.1. The minimum absolute atomic E-state index is 0.255. The summed E-state index contributed by atoms with van der Waals surface area (Å²) in [6.07, 6.45) is 0. The quantitative estimate of drug-likeness (QED) is 0.620. The van der Waals surface area contributed by atoms with E-state index in [1.165, 1.54) is 0 Å². The van der Waals surface area contributed by atoms with Gasteiger partial charge in [0.2, 0.25) is 0 Å². The van der Waals surface area contributed by atoms with Crippen LogP contribution in [0.5, 0.6) is 5.75 Å². The molecule has 70 valence electrons. The van der Waals surface area contributed by atoms with E-state index in [-0.39, 0.29) is 12.6 Å². The second-order valence-corrected chi connectivity index (χ2v) is 3.66. The van der Waals surface area contributed by atoms with Crippen LogP contribution >= 0.6 is 0 Å². The van der Waals surface area contributed by atoms with E-state index in [2.05, 4.69) is 0 Å². The zero-order valence-electron chi connectivity index (χ0n) is 7.53. The van der Waals surface area contributed by atoms with Crippen molar-refractivity contribution in [2.75, 3.05) is 6.61 Å². The Morgan fingerprint density at radius 2 is 2.23 bits per heavy atom. The van der Waals surface area contributed by atoms with Gasteiger partial charge in [-0.2, -0.15) is 0 Å². The number of aliphatic hydroxyl groups is 1. The fourth-order valence-electron chi connectivity index (χ4n) is 1.52. The van der Waals surface area contributed by atoms with Crippen LogP contribution in [0, 0.1) is 0 Å². The highest BCUT2D eigenvalue weighted by molar-refractivity contribution is 5.39. The lowest BCUT2D eigenvalue weighted by atomic mass is 9.89. The first-order chi connectivity index (χ1) is 6.11. The van der Waals surface area contributed by atoms with Gasteiger partial charge in [0, 0.05) is 5.56 Å². The van der Waals surface area contributed by atoms with Crippen LogP contribution in [-0.2, 0) is 0 Å². The number of hydrogen-bond donors (Lipinski definition) is 2. The van der Waals surface area contributed by atoms with E-state index in [1.807, 2.05) is 24.3 Å². The van der Waals surface area contributed by atoms with Crippen LogP contribution in [0.1, 0.15) is 18.5 Å². The Labute approximate surface area is 77.1 Å². The van der Waals surface area contributed by atoms with Gasteiger partial charge in [-0.25, -0.2) is 0 Å². The average Bonchev–Trinajstić information content (AvgIpc) is 2.13. The molecule has 0 aliphatic carbocycles. The van der Waals surface area contributed by atoms with E-state index in [1.54, 1.807) is 6.92 Å². The highest BCUT2D eigenvalue weighted by Crippen LogP contribution is 2.35. The molecule has 0 fully saturated rings. The molecule has 1 aliphatic heterocycles. The van der Waals surface area contributed by atoms with E-state index in [0.29, 0.717) is 0 Å². The minimum atomic E-state index is -0.964. The molecule has 0 amide bonds. The van der Waals surface area contributed by atoms with Crippen LogP contribution < -0.4 is 10.5 Å². The van der Waals surface area contributed by atoms with Crippen molar-refractivity contribution < 1.29 is 9.84 Å². The highest BCUT2D eigenvalue weighted by atomic mass is 16.5. The molecule has 0 saturated heterocycles. The van der Waals surface area contributed by atoms with E-state index in [0.717, 1.165) is 11.3 Å². The smallest absolute Gasteiger partial charge is 0.124 e. The number of benzene rings is 1. The molecule has 2 unspecified atom stereocenters. The molecule has 0 radical (unpaired) electrons. The van der Waals surface area contributed by atoms with Gasteiger partial charge in [-0.3, -0.25) is 0 Å². The summed E-state index contributed by atoms with van der Waals surface area (Å²) in [7, 11) is 0. The molecule has 2 atom stereocenters. The van der Waals surface area contributed by atoms with Gasteiger partial charge in [0.1, 0.15) is 18.0 Å². The third-order valence-electron chi connectivity index (χ3n) is 2.44. The van der Waals surface area contributed by atoms with Crippen molar-refractivity contribution in [2.45, 2.75) is 18.6 Å². The summed E-state index contributed by atoms with van der Waals surface area (Å²) >= 11 is 0. The Kier molecular flexibility index (Phi) is 1.78. The average molecular weight is 179 g/mol. The summed E-state index contributed by atoms with van der Waals surface area (Å²) in [5.41, 5.74) is 5.80. The number of nitrogens with two attached hydrogens (primary N) is 1. The summed E-state index contributed by atoms with van der Waals surface area (Å²) in [6.45, 7) is 1.94.